The monoisotopic (exact) mass is 246 g/mol. The Morgan fingerprint density at radius 2 is 2.00 bits per heavy atom. The Morgan fingerprint density at radius 3 is 2.53 bits per heavy atom. The van der Waals surface area contributed by atoms with E-state index < -0.39 is 0 Å². The second kappa shape index (κ2) is 5.43. The summed E-state index contributed by atoms with van der Waals surface area (Å²) in [4.78, 5) is 5.60. The third-order valence-corrected chi connectivity index (χ3v) is 3.81. The van der Waals surface area contributed by atoms with E-state index >= 15 is 0 Å². The lowest BCUT2D eigenvalue weighted by Crippen LogP contribution is -2.13. The molecule has 0 bridgehead atoms. The molecule has 1 aromatic carbocycles. The highest BCUT2D eigenvalue weighted by Crippen LogP contribution is 2.20. The Balaban J connectivity index is 2.06. The van der Waals surface area contributed by atoms with Crippen LogP contribution >= 0.6 is 11.3 Å². The van der Waals surface area contributed by atoms with E-state index in [-0.39, 0.29) is 6.04 Å². The van der Waals surface area contributed by atoms with Gasteiger partial charge in [-0.2, -0.15) is 0 Å². The van der Waals surface area contributed by atoms with E-state index in [9.17, 15) is 0 Å². The molecule has 0 aliphatic carbocycles. The van der Waals surface area contributed by atoms with Gasteiger partial charge in [0, 0.05) is 23.5 Å². The lowest BCUT2D eigenvalue weighted by atomic mass is 10.0. The summed E-state index contributed by atoms with van der Waals surface area (Å²) < 4.78 is 0. The minimum absolute atomic E-state index is 0.0476. The van der Waals surface area contributed by atoms with Gasteiger partial charge in [-0.1, -0.05) is 31.2 Å². The summed E-state index contributed by atoms with van der Waals surface area (Å²) in [6.45, 7) is 4.23. The molecule has 0 spiro atoms. The molecule has 2 N–H and O–H groups in total. The SMILES string of the molecule is CCc1ccc(C(N)Cc2ncc(C)s2)cc1. The summed E-state index contributed by atoms with van der Waals surface area (Å²) in [6, 6.07) is 8.62. The molecular formula is C14H18N2S. The zero-order chi connectivity index (χ0) is 12.3. The van der Waals surface area contributed by atoms with Crippen LogP contribution in [-0.4, -0.2) is 4.98 Å². The maximum absolute atomic E-state index is 6.19. The minimum atomic E-state index is 0.0476. The molecule has 0 amide bonds. The highest BCUT2D eigenvalue weighted by atomic mass is 32.1. The average molecular weight is 246 g/mol. The van der Waals surface area contributed by atoms with Crippen molar-refractivity contribution in [3.8, 4) is 0 Å². The van der Waals surface area contributed by atoms with Gasteiger partial charge >= 0.3 is 0 Å². The Morgan fingerprint density at radius 1 is 1.29 bits per heavy atom. The van der Waals surface area contributed by atoms with Crippen molar-refractivity contribution in [3.63, 3.8) is 0 Å². The number of hydrogen-bond donors (Lipinski definition) is 1. The van der Waals surface area contributed by atoms with Gasteiger partial charge in [0.05, 0.1) is 5.01 Å². The zero-order valence-corrected chi connectivity index (χ0v) is 11.1. The summed E-state index contributed by atoms with van der Waals surface area (Å²) in [5, 5.41) is 1.12. The first-order chi connectivity index (χ1) is 8.19. The van der Waals surface area contributed by atoms with Crippen LogP contribution < -0.4 is 5.73 Å². The topological polar surface area (TPSA) is 38.9 Å². The van der Waals surface area contributed by atoms with Crippen LogP contribution in [0.5, 0.6) is 0 Å². The Labute approximate surface area is 107 Å². The summed E-state index contributed by atoms with van der Waals surface area (Å²) in [5.74, 6) is 0. The van der Waals surface area contributed by atoms with Crippen LogP contribution in [0.25, 0.3) is 0 Å². The summed E-state index contributed by atoms with van der Waals surface area (Å²) in [5.41, 5.74) is 8.74. The molecule has 1 aromatic heterocycles. The molecule has 0 fully saturated rings. The molecule has 1 unspecified atom stereocenters. The fraction of sp³-hybridized carbons (Fsp3) is 0.357. The number of thiazole rings is 1. The average Bonchev–Trinajstić information content (AvgIpc) is 2.75. The van der Waals surface area contributed by atoms with E-state index in [4.69, 9.17) is 5.73 Å². The largest absolute Gasteiger partial charge is 0.324 e. The van der Waals surface area contributed by atoms with Crippen molar-refractivity contribution in [1.29, 1.82) is 0 Å². The van der Waals surface area contributed by atoms with Gasteiger partial charge in [0.2, 0.25) is 0 Å². The van der Waals surface area contributed by atoms with Crippen LogP contribution in [0, 0.1) is 6.92 Å². The Kier molecular flexibility index (Phi) is 3.92. The van der Waals surface area contributed by atoms with E-state index in [0.29, 0.717) is 0 Å². The fourth-order valence-electron chi connectivity index (χ4n) is 1.80. The van der Waals surface area contributed by atoms with Crippen LogP contribution in [0.3, 0.4) is 0 Å². The number of nitrogens with zero attached hydrogens (tertiary/aromatic N) is 1. The van der Waals surface area contributed by atoms with Gasteiger partial charge in [0.15, 0.2) is 0 Å². The Hall–Kier alpha value is -1.19. The van der Waals surface area contributed by atoms with Crippen LogP contribution in [0.15, 0.2) is 30.5 Å². The minimum Gasteiger partial charge on any atom is -0.324 e. The van der Waals surface area contributed by atoms with Gasteiger partial charge in [-0.15, -0.1) is 11.3 Å². The maximum atomic E-state index is 6.19. The van der Waals surface area contributed by atoms with Gasteiger partial charge in [0.1, 0.15) is 0 Å². The molecule has 1 atom stereocenters. The van der Waals surface area contributed by atoms with Gasteiger partial charge in [-0.3, -0.25) is 0 Å². The standard InChI is InChI=1S/C14H18N2S/c1-3-11-4-6-12(7-5-11)13(15)8-14-16-9-10(2)17-14/h4-7,9,13H,3,8,15H2,1-2H3. The molecule has 3 heteroatoms. The molecule has 2 aromatic rings. The highest BCUT2D eigenvalue weighted by molar-refractivity contribution is 7.11. The normalized spacial score (nSPS) is 12.6. The number of nitrogens with two attached hydrogens (primary N) is 1. The van der Waals surface area contributed by atoms with Crippen molar-refractivity contribution < 1.29 is 0 Å². The quantitative estimate of drug-likeness (QED) is 0.899. The molecule has 0 saturated heterocycles. The number of benzene rings is 1. The fourth-order valence-corrected chi connectivity index (χ4v) is 2.65. The molecule has 90 valence electrons. The number of hydrogen-bond acceptors (Lipinski definition) is 3. The van der Waals surface area contributed by atoms with E-state index in [0.717, 1.165) is 17.8 Å². The Bertz CT molecular complexity index is 473. The first-order valence-corrected chi connectivity index (χ1v) is 6.76. The summed E-state index contributed by atoms with van der Waals surface area (Å²) in [7, 11) is 0. The predicted molar refractivity (Wildman–Crippen MR) is 73.3 cm³/mol. The first kappa shape index (κ1) is 12.3. The molecule has 0 saturated carbocycles. The molecule has 1 heterocycles. The van der Waals surface area contributed by atoms with E-state index in [1.807, 2.05) is 6.20 Å². The van der Waals surface area contributed by atoms with Gasteiger partial charge in [-0.05, 0) is 24.5 Å². The summed E-state index contributed by atoms with van der Waals surface area (Å²) >= 11 is 1.73. The lowest BCUT2D eigenvalue weighted by Gasteiger charge is -2.10. The van der Waals surface area contributed by atoms with Crippen LogP contribution in [0.4, 0.5) is 0 Å². The highest BCUT2D eigenvalue weighted by Gasteiger charge is 2.09. The molecule has 0 radical (unpaired) electrons. The molecular weight excluding hydrogens is 228 g/mol. The molecule has 2 rings (SSSR count). The van der Waals surface area contributed by atoms with Crippen molar-refractivity contribution >= 4 is 11.3 Å². The first-order valence-electron chi connectivity index (χ1n) is 5.94. The molecule has 0 aliphatic rings. The van der Waals surface area contributed by atoms with Crippen LogP contribution in [-0.2, 0) is 12.8 Å². The van der Waals surface area contributed by atoms with Crippen molar-refractivity contribution in [2.75, 3.05) is 0 Å². The maximum Gasteiger partial charge on any atom is 0.0946 e. The van der Waals surface area contributed by atoms with Crippen molar-refractivity contribution in [1.82, 2.24) is 4.98 Å². The van der Waals surface area contributed by atoms with Crippen molar-refractivity contribution in [3.05, 3.63) is 51.5 Å². The third-order valence-electron chi connectivity index (χ3n) is 2.88. The predicted octanol–water partition coefficient (Wildman–Crippen LogP) is 3.26. The second-order valence-corrected chi connectivity index (χ2v) is 5.59. The second-order valence-electron chi connectivity index (χ2n) is 4.27. The smallest absolute Gasteiger partial charge is 0.0946 e. The van der Waals surface area contributed by atoms with Crippen LogP contribution in [0.1, 0.15) is 34.0 Å². The number of rotatable bonds is 4. The van der Waals surface area contributed by atoms with Crippen LogP contribution in [0.2, 0.25) is 0 Å². The molecule has 0 aliphatic heterocycles. The molecule has 2 nitrogen and oxygen atoms in total. The van der Waals surface area contributed by atoms with Gasteiger partial charge < -0.3 is 5.73 Å². The van der Waals surface area contributed by atoms with Gasteiger partial charge in [0.25, 0.3) is 0 Å². The number of aromatic nitrogens is 1. The van der Waals surface area contributed by atoms with E-state index in [1.165, 1.54) is 16.0 Å². The lowest BCUT2D eigenvalue weighted by molar-refractivity contribution is 0.717. The van der Waals surface area contributed by atoms with E-state index in [2.05, 4.69) is 43.1 Å². The molecule has 17 heavy (non-hydrogen) atoms. The zero-order valence-electron chi connectivity index (χ0n) is 10.3. The van der Waals surface area contributed by atoms with Crippen molar-refractivity contribution in [2.45, 2.75) is 32.7 Å². The third kappa shape index (κ3) is 3.14. The number of aryl methyl sites for hydroxylation is 2. The van der Waals surface area contributed by atoms with E-state index in [1.54, 1.807) is 11.3 Å². The summed E-state index contributed by atoms with van der Waals surface area (Å²) in [6.07, 6.45) is 3.80. The van der Waals surface area contributed by atoms with Gasteiger partial charge in [-0.25, -0.2) is 4.98 Å². The van der Waals surface area contributed by atoms with Crippen molar-refractivity contribution in [2.24, 2.45) is 5.73 Å².